The summed E-state index contributed by atoms with van der Waals surface area (Å²) in [5.74, 6) is -0.829. The quantitative estimate of drug-likeness (QED) is 0.858. The van der Waals surface area contributed by atoms with Crippen LogP contribution in [-0.4, -0.2) is 6.54 Å². The summed E-state index contributed by atoms with van der Waals surface area (Å²) in [5.41, 5.74) is 0.740. The van der Waals surface area contributed by atoms with Crippen LogP contribution in [0.5, 0.6) is 0 Å². The van der Waals surface area contributed by atoms with Crippen molar-refractivity contribution in [1.29, 1.82) is 0 Å². The van der Waals surface area contributed by atoms with E-state index in [1.54, 1.807) is 12.3 Å². The van der Waals surface area contributed by atoms with Crippen molar-refractivity contribution in [3.8, 4) is 0 Å². The van der Waals surface area contributed by atoms with Gasteiger partial charge in [0.15, 0.2) is 11.6 Å². The predicted octanol–water partition coefficient (Wildman–Crippen LogP) is 3.84. The smallest absolute Gasteiger partial charge is 0.159 e. The van der Waals surface area contributed by atoms with Crippen molar-refractivity contribution in [1.82, 2.24) is 5.32 Å². The molecule has 1 aromatic heterocycles. The van der Waals surface area contributed by atoms with E-state index in [2.05, 4.69) is 12.2 Å². The highest BCUT2D eigenvalue weighted by Gasteiger charge is 2.15. The van der Waals surface area contributed by atoms with E-state index in [4.69, 9.17) is 4.42 Å². The first-order valence-corrected chi connectivity index (χ1v) is 6.41. The first-order chi connectivity index (χ1) is 9.20. The molecule has 1 unspecified atom stereocenters. The summed E-state index contributed by atoms with van der Waals surface area (Å²) in [7, 11) is 0. The van der Waals surface area contributed by atoms with E-state index in [-0.39, 0.29) is 6.04 Å². The first kappa shape index (κ1) is 13.7. The van der Waals surface area contributed by atoms with Crippen LogP contribution in [0.15, 0.2) is 41.0 Å². The molecule has 2 aromatic rings. The minimum Gasteiger partial charge on any atom is -0.468 e. The zero-order valence-corrected chi connectivity index (χ0v) is 10.8. The highest BCUT2D eigenvalue weighted by molar-refractivity contribution is 5.20. The van der Waals surface area contributed by atoms with Gasteiger partial charge in [-0.2, -0.15) is 0 Å². The van der Waals surface area contributed by atoms with Crippen molar-refractivity contribution in [2.24, 2.45) is 0 Å². The predicted molar refractivity (Wildman–Crippen MR) is 69.8 cm³/mol. The molecule has 2 rings (SSSR count). The van der Waals surface area contributed by atoms with Crippen LogP contribution in [0.4, 0.5) is 8.78 Å². The van der Waals surface area contributed by atoms with Gasteiger partial charge in [0, 0.05) is 0 Å². The SMILES string of the molecule is CCCNC(Cc1ccc(F)c(F)c1)c1ccco1. The van der Waals surface area contributed by atoms with Crippen LogP contribution in [-0.2, 0) is 6.42 Å². The van der Waals surface area contributed by atoms with Gasteiger partial charge in [-0.15, -0.1) is 0 Å². The molecule has 0 aliphatic rings. The molecular formula is C15H17F2NO. The monoisotopic (exact) mass is 265 g/mol. The second kappa shape index (κ2) is 6.48. The summed E-state index contributed by atoms with van der Waals surface area (Å²) >= 11 is 0. The zero-order chi connectivity index (χ0) is 13.7. The fraction of sp³-hybridized carbons (Fsp3) is 0.333. The Bertz CT molecular complexity index is 511. The van der Waals surface area contributed by atoms with E-state index in [0.29, 0.717) is 6.42 Å². The van der Waals surface area contributed by atoms with Crippen LogP contribution in [0.2, 0.25) is 0 Å². The molecule has 4 heteroatoms. The van der Waals surface area contributed by atoms with Crippen molar-refractivity contribution in [3.63, 3.8) is 0 Å². The molecule has 0 spiro atoms. The number of hydrogen-bond acceptors (Lipinski definition) is 2. The molecule has 19 heavy (non-hydrogen) atoms. The molecule has 0 fully saturated rings. The summed E-state index contributed by atoms with van der Waals surface area (Å²) in [6, 6.07) is 7.67. The van der Waals surface area contributed by atoms with Crippen LogP contribution in [0.25, 0.3) is 0 Å². The van der Waals surface area contributed by atoms with Gasteiger partial charge in [-0.05, 0) is 49.2 Å². The molecule has 102 valence electrons. The van der Waals surface area contributed by atoms with E-state index < -0.39 is 11.6 Å². The summed E-state index contributed by atoms with van der Waals surface area (Å²) in [6.45, 7) is 2.92. The maximum atomic E-state index is 13.2. The molecule has 1 N–H and O–H groups in total. The van der Waals surface area contributed by atoms with Gasteiger partial charge in [-0.25, -0.2) is 8.78 Å². The van der Waals surface area contributed by atoms with Gasteiger partial charge >= 0.3 is 0 Å². The molecule has 0 aliphatic heterocycles. The average molecular weight is 265 g/mol. The summed E-state index contributed by atoms with van der Waals surface area (Å²) in [4.78, 5) is 0. The van der Waals surface area contributed by atoms with Crippen LogP contribution in [0.1, 0.15) is 30.7 Å². The highest BCUT2D eigenvalue weighted by Crippen LogP contribution is 2.20. The summed E-state index contributed by atoms with van der Waals surface area (Å²) in [5, 5.41) is 3.34. The molecule has 1 aromatic carbocycles. The topological polar surface area (TPSA) is 25.2 Å². The lowest BCUT2D eigenvalue weighted by Gasteiger charge is -2.16. The molecule has 0 radical (unpaired) electrons. The molecule has 1 heterocycles. The van der Waals surface area contributed by atoms with Gasteiger partial charge < -0.3 is 9.73 Å². The van der Waals surface area contributed by atoms with Crippen molar-refractivity contribution >= 4 is 0 Å². The van der Waals surface area contributed by atoms with Gasteiger partial charge in [0.1, 0.15) is 5.76 Å². The second-order valence-electron chi connectivity index (χ2n) is 4.47. The Morgan fingerprint density at radius 3 is 2.68 bits per heavy atom. The van der Waals surface area contributed by atoms with Gasteiger partial charge in [0.25, 0.3) is 0 Å². The molecule has 0 bridgehead atoms. The minimum atomic E-state index is -0.820. The van der Waals surface area contributed by atoms with Crippen LogP contribution in [0, 0.1) is 11.6 Å². The highest BCUT2D eigenvalue weighted by atomic mass is 19.2. The Kier molecular flexibility index (Phi) is 4.68. The Morgan fingerprint density at radius 2 is 2.05 bits per heavy atom. The van der Waals surface area contributed by atoms with Gasteiger partial charge in [0.05, 0.1) is 12.3 Å². The van der Waals surface area contributed by atoms with Gasteiger partial charge in [-0.3, -0.25) is 0 Å². The van der Waals surface area contributed by atoms with Crippen LogP contribution < -0.4 is 5.32 Å². The minimum absolute atomic E-state index is 0.0280. The normalized spacial score (nSPS) is 12.6. The maximum absolute atomic E-state index is 13.2. The largest absolute Gasteiger partial charge is 0.468 e. The third-order valence-corrected chi connectivity index (χ3v) is 2.95. The summed E-state index contributed by atoms with van der Waals surface area (Å²) in [6.07, 6.45) is 3.17. The Hall–Kier alpha value is -1.68. The van der Waals surface area contributed by atoms with Crippen molar-refractivity contribution in [2.75, 3.05) is 6.54 Å². The second-order valence-corrected chi connectivity index (χ2v) is 4.47. The average Bonchev–Trinajstić information content (AvgIpc) is 2.92. The molecule has 0 amide bonds. The third-order valence-electron chi connectivity index (χ3n) is 2.95. The third kappa shape index (κ3) is 3.64. The number of nitrogens with one attached hydrogen (secondary N) is 1. The molecule has 1 atom stereocenters. The Balaban J connectivity index is 2.13. The van der Waals surface area contributed by atoms with E-state index >= 15 is 0 Å². The maximum Gasteiger partial charge on any atom is 0.159 e. The van der Waals surface area contributed by atoms with E-state index in [9.17, 15) is 8.78 Å². The number of benzene rings is 1. The van der Waals surface area contributed by atoms with E-state index in [1.807, 2.05) is 12.1 Å². The molecule has 0 saturated heterocycles. The van der Waals surface area contributed by atoms with E-state index in [0.717, 1.165) is 30.4 Å². The number of furan rings is 1. The molecule has 0 aliphatic carbocycles. The number of hydrogen-bond donors (Lipinski definition) is 1. The Labute approximate surface area is 111 Å². The lowest BCUT2D eigenvalue weighted by molar-refractivity contribution is 0.409. The van der Waals surface area contributed by atoms with Crippen molar-refractivity contribution in [3.05, 3.63) is 59.6 Å². The van der Waals surface area contributed by atoms with Crippen LogP contribution in [0.3, 0.4) is 0 Å². The number of rotatable bonds is 6. The fourth-order valence-electron chi connectivity index (χ4n) is 1.98. The molecule has 0 saturated carbocycles. The van der Waals surface area contributed by atoms with Crippen LogP contribution >= 0.6 is 0 Å². The van der Waals surface area contributed by atoms with Gasteiger partial charge in [0.2, 0.25) is 0 Å². The first-order valence-electron chi connectivity index (χ1n) is 6.41. The van der Waals surface area contributed by atoms with Gasteiger partial charge in [-0.1, -0.05) is 13.0 Å². The lowest BCUT2D eigenvalue weighted by atomic mass is 10.0. The van der Waals surface area contributed by atoms with Crippen molar-refractivity contribution in [2.45, 2.75) is 25.8 Å². The van der Waals surface area contributed by atoms with E-state index in [1.165, 1.54) is 6.07 Å². The zero-order valence-electron chi connectivity index (χ0n) is 10.8. The molecular weight excluding hydrogens is 248 g/mol. The lowest BCUT2D eigenvalue weighted by Crippen LogP contribution is -2.23. The summed E-state index contributed by atoms with van der Waals surface area (Å²) < 4.78 is 31.5. The Morgan fingerprint density at radius 1 is 1.21 bits per heavy atom. The number of halogens is 2. The fourth-order valence-corrected chi connectivity index (χ4v) is 1.98. The molecule has 2 nitrogen and oxygen atoms in total. The standard InChI is InChI=1S/C15H17F2NO/c1-2-7-18-14(15-4-3-8-19-15)10-11-5-6-12(16)13(17)9-11/h3-6,8-9,14,18H,2,7,10H2,1H3. The van der Waals surface area contributed by atoms with Crippen molar-refractivity contribution < 1.29 is 13.2 Å².